The summed E-state index contributed by atoms with van der Waals surface area (Å²) in [6.07, 6.45) is 1.53. The van der Waals surface area contributed by atoms with Gasteiger partial charge in [-0.15, -0.1) is 0 Å². The molecule has 0 saturated carbocycles. The average Bonchev–Trinajstić information content (AvgIpc) is 2.80. The molecule has 18 heavy (non-hydrogen) atoms. The number of hydrogen-bond donors (Lipinski definition) is 0. The molecule has 0 bridgehead atoms. The van der Waals surface area contributed by atoms with Crippen LogP contribution in [-0.4, -0.2) is 41.9 Å². The van der Waals surface area contributed by atoms with Gasteiger partial charge in [-0.2, -0.15) is 15.1 Å². The standard InChI is InChI=1S/C11H14N4O3/c1-7(17-2)8-6-10(16)15(14-8)11-12-5-4-9(13-11)18-3/h4-5,7H,6H2,1-3H3. The van der Waals surface area contributed by atoms with E-state index in [1.165, 1.54) is 18.3 Å². The quantitative estimate of drug-likeness (QED) is 0.782. The van der Waals surface area contributed by atoms with Gasteiger partial charge in [0.25, 0.3) is 11.9 Å². The van der Waals surface area contributed by atoms with Crippen LogP contribution in [0.2, 0.25) is 0 Å². The lowest BCUT2D eigenvalue weighted by Crippen LogP contribution is -2.22. The van der Waals surface area contributed by atoms with Gasteiger partial charge >= 0.3 is 0 Å². The maximum Gasteiger partial charge on any atom is 0.256 e. The van der Waals surface area contributed by atoms with Crippen molar-refractivity contribution in [3.63, 3.8) is 0 Å². The molecule has 0 N–H and O–H groups in total. The van der Waals surface area contributed by atoms with Crippen LogP contribution < -0.4 is 9.75 Å². The molecule has 96 valence electrons. The monoisotopic (exact) mass is 250 g/mol. The van der Waals surface area contributed by atoms with Gasteiger partial charge in [0, 0.05) is 19.4 Å². The molecular weight excluding hydrogens is 236 g/mol. The summed E-state index contributed by atoms with van der Waals surface area (Å²) in [5.74, 6) is 0.413. The largest absolute Gasteiger partial charge is 0.481 e. The van der Waals surface area contributed by atoms with Gasteiger partial charge in [0.1, 0.15) is 0 Å². The van der Waals surface area contributed by atoms with Gasteiger partial charge in [-0.25, -0.2) is 4.98 Å². The van der Waals surface area contributed by atoms with Crippen LogP contribution in [0.4, 0.5) is 5.95 Å². The van der Waals surface area contributed by atoms with E-state index in [0.717, 1.165) is 0 Å². The van der Waals surface area contributed by atoms with Crippen molar-refractivity contribution in [2.24, 2.45) is 5.10 Å². The van der Waals surface area contributed by atoms with Crippen LogP contribution in [0, 0.1) is 0 Å². The summed E-state index contributed by atoms with van der Waals surface area (Å²) in [5, 5.41) is 5.35. The lowest BCUT2D eigenvalue weighted by atomic mass is 10.2. The number of aromatic nitrogens is 2. The Hall–Kier alpha value is -2.02. The molecule has 1 amide bonds. The molecule has 1 aliphatic heterocycles. The molecule has 7 nitrogen and oxygen atoms in total. The molecule has 0 saturated heterocycles. The van der Waals surface area contributed by atoms with Crippen LogP contribution in [0.25, 0.3) is 0 Å². The number of methoxy groups -OCH3 is 2. The molecule has 0 aliphatic carbocycles. The lowest BCUT2D eigenvalue weighted by Gasteiger charge is -2.09. The van der Waals surface area contributed by atoms with Gasteiger partial charge in [0.2, 0.25) is 5.88 Å². The molecule has 0 spiro atoms. The number of hydrazone groups is 1. The van der Waals surface area contributed by atoms with Crippen molar-refractivity contribution in [3.05, 3.63) is 12.3 Å². The predicted octanol–water partition coefficient (Wildman–Crippen LogP) is 0.613. The highest BCUT2D eigenvalue weighted by atomic mass is 16.5. The average molecular weight is 250 g/mol. The molecule has 0 aromatic carbocycles. The zero-order chi connectivity index (χ0) is 13.1. The lowest BCUT2D eigenvalue weighted by molar-refractivity contribution is -0.117. The Bertz CT molecular complexity index is 489. The van der Waals surface area contributed by atoms with Crippen LogP contribution in [0.1, 0.15) is 13.3 Å². The Kier molecular flexibility index (Phi) is 3.52. The van der Waals surface area contributed by atoms with E-state index < -0.39 is 0 Å². The third-order valence-corrected chi connectivity index (χ3v) is 2.64. The summed E-state index contributed by atoms with van der Waals surface area (Å²) in [6, 6.07) is 1.60. The summed E-state index contributed by atoms with van der Waals surface area (Å²) in [4.78, 5) is 19.9. The Labute approximate surface area is 104 Å². The van der Waals surface area contributed by atoms with Gasteiger partial charge in [0.15, 0.2) is 0 Å². The van der Waals surface area contributed by atoms with Crippen LogP contribution in [0.3, 0.4) is 0 Å². The van der Waals surface area contributed by atoms with Crippen LogP contribution in [0.5, 0.6) is 5.88 Å². The number of anilines is 1. The molecule has 1 aromatic rings. The summed E-state index contributed by atoms with van der Waals surface area (Å²) in [6.45, 7) is 1.84. The smallest absolute Gasteiger partial charge is 0.256 e. The Morgan fingerprint density at radius 2 is 2.22 bits per heavy atom. The topological polar surface area (TPSA) is 76.9 Å². The minimum absolute atomic E-state index is 0.179. The summed E-state index contributed by atoms with van der Waals surface area (Å²) in [5.41, 5.74) is 0.661. The van der Waals surface area contributed by atoms with E-state index in [0.29, 0.717) is 11.6 Å². The maximum absolute atomic E-state index is 11.8. The van der Waals surface area contributed by atoms with Gasteiger partial charge in [-0.1, -0.05) is 0 Å². The molecule has 1 unspecified atom stereocenters. The number of carbonyl (C=O) groups is 1. The third-order valence-electron chi connectivity index (χ3n) is 2.64. The number of ether oxygens (including phenoxy) is 2. The fraction of sp³-hybridized carbons (Fsp3) is 0.455. The minimum atomic E-state index is -0.204. The number of rotatable bonds is 4. The van der Waals surface area contributed by atoms with E-state index in [2.05, 4.69) is 15.1 Å². The van der Waals surface area contributed by atoms with E-state index in [9.17, 15) is 4.79 Å². The molecule has 1 atom stereocenters. The molecule has 1 aromatic heterocycles. The Morgan fingerprint density at radius 3 is 2.89 bits per heavy atom. The van der Waals surface area contributed by atoms with Crippen molar-refractivity contribution < 1.29 is 14.3 Å². The minimum Gasteiger partial charge on any atom is -0.481 e. The zero-order valence-electron chi connectivity index (χ0n) is 10.5. The Balaban J connectivity index is 2.27. The van der Waals surface area contributed by atoms with E-state index in [4.69, 9.17) is 9.47 Å². The summed E-state index contributed by atoms with van der Waals surface area (Å²) in [7, 11) is 3.07. The van der Waals surface area contributed by atoms with Crippen molar-refractivity contribution in [2.45, 2.75) is 19.4 Å². The first kappa shape index (κ1) is 12.4. The van der Waals surface area contributed by atoms with Crippen molar-refractivity contribution in [3.8, 4) is 5.88 Å². The van der Waals surface area contributed by atoms with Crippen molar-refractivity contribution >= 4 is 17.6 Å². The first-order valence-corrected chi connectivity index (χ1v) is 5.46. The molecular formula is C11H14N4O3. The molecule has 0 fully saturated rings. The fourth-order valence-electron chi connectivity index (χ4n) is 1.51. The third kappa shape index (κ3) is 2.30. The highest BCUT2D eigenvalue weighted by molar-refractivity contribution is 6.13. The van der Waals surface area contributed by atoms with Gasteiger partial charge < -0.3 is 9.47 Å². The normalized spacial score (nSPS) is 16.7. The highest BCUT2D eigenvalue weighted by Gasteiger charge is 2.30. The molecule has 2 heterocycles. The van der Waals surface area contributed by atoms with Crippen molar-refractivity contribution in [2.75, 3.05) is 19.2 Å². The predicted molar refractivity (Wildman–Crippen MR) is 64.6 cm³/mol. The number of nitrogens with zero attached hydrogens (tertiary/aromatic N) is 4. The zero-order valence-corrected chi connectivity index (χ0v) is 10.5. The van der Waals surface area contributed by atoms with Crippen LogP contribution in [0.15, 0.2) is 17.4 Å². The van der Waals surface area contributed by atoms with E-state index in [-0.39, 0.29) is 24.4 Å². The van der Waals surface area contributed by atoms with Crippen molar-refractivity contribution in [1.82, 2.24) is 9.97 Å². The van der Waals surface area contributed by atoms with E-state index in [1.807, 2.05) is 6.92 Å². The first-order valence-electron chi connectivity index (χ1n) is 5.46. The van der Waals surface area contributed by atoms with E-state index in [1.54, 1.807) is 13.2 Å². The number of carbonyl (C=O) groups excluding carboxylic acids is 1. The van der Waals surface area contributed by atoms with Crippen LogP contribution >= 0.6 is 0 Å². The second kappa shape index (κ2) is 5.09. The van der Waals surface area contributed by atoms with Crippen molar-refractivity contribution in [1.29, 1.82) is 0 Å². The molecule has 7 heteroatoms. The fourth-order valence-corrected chi connectivity index (χ4v) is 1.51. The Morgan fingerprint density at radius 1 is 1.44 bits per heavy atom. The van der Waals surface area contributed by atoms with E-state index >= 15 is 0 Å². The number of hydrogen-bond acceptors (Lipinski definition) is 6. The second-order valence-corrected chi connectivity index (χ2v) is 3.75. The van der Waals surface area contributed by atoms with Gasteiger partial charge in [0.05, 0.1) is 25.3 Å². The number of amides is 1. The highest BCUT2D eigenvalue weighted by Crippen LogP contribution is 2.19. The maximum atomic E-state index is 11.8. The second-order valence-electron chi connectivity index (χ2n) is 3.75. The SMILES string of the molecule is COc1ccnc(N2N=C(C(C)OC)CC2=O)n1. The summed E-state index contributed by atoms with van der Waals surface area (Å²) >= 11 is 0. The molecule has 0 radical (unpaired) electrons. The van der Waals surface area contributed by atoms with Gasteiger partial charge in [-0.05, 0) is 6.92 Å². The first-order chi connectivity index (χ1) is 8.65. The van der Waals surface area contributed by atoms with Gasteiger partial charge in [-0.3, -0.25) is 4.79 Å². The summed E-state index contributed by atoms with van der Waals surface area (Å²) < 4.78 is 10.1. The van der Waals surface area contributed by atoms with Crippen LogP contribution in [-0.2, 0) is 9.53 Å². The molecule has 1 aliphatic rings. The molecule has 2 rings (SSSR count).